The number of fused-ring (bicyclic) bond motifs is 1. The molecule has 0 aliphatic heterocycles. The molecular formula is C32H33F2N3O2. The lowest BCUT2D eigenvalue weighted by Crippen LogP contribution is -2.18. The van der Waals surface area contributed by atoms with Crippen molar-refractivity contribution in [1.82, 2.24) is 15.1 Å². The predicted molar refractivity (Wildman–Crippen MR) is 152 cm³/mol. The number of H-pyrrole nitrogens is 1. The summed E-state index contributed by atoms with van der Waals surface area (Å²) in [6.07, 6.45) is 6.69. The fourth-order valence-electron chi connectivity index (χ4n) is 4.45. The van der Waals surface area contributed by atoms with Gasteiger partial charge in [0.05, 0.1) is 17.5 Å². The molecule has 202 valence electrons. The zero-order valence-corrected chi connectivity index (χ0v) is 22.5. The highest BCUT2D eigenvalue weighted by atomic mass is 19.1. The number of aromatic nitrogens is 2. The number of unbranched alkanes of at least 4 members (excludes halogenated alkanes) is 2. The lowest BCUT2D eigenvalue weighted by atomic mass is 9.87. The van der Waals surface area contributed by atoms with E-state index in [0.717, 1.165) is 36.0 Å². The number of likely N-dealkylation sites (N-methyl/N-ethyl adjacent to an activating group) is 1. The van der Waals surface area contributed by atoms with E-state index in [0.29, 0.717) is 29.9 Å². The fraction of sp³-hybridized carbons (Fsp3) is 0.250. The lowest BCUT2D eigenvalue weighted by molar-refractivity contribution is -0.123. The maximum absolute atomic E-state index is 15.5. The first-order valence-corrected chi connectivity index (χ1v) is 13.1. The first-order valence-electron chi connectivity index (χ1n) is 13.1. The number of nitrogens with zero attached hydrogens (tertiary/aromatic N) is 2. The van der Waals surface area contributed by atoms with Gasteiger partial charge in [-0.25, -0.2) is 4.39 Å². The summed E-state index contributed by atoms with van der Waals surface area (Å²) in [5.74, 6) is -0.363. The Hall–Kier alpha value is -4.26. The summed E-state index contributed by atoms with van der Waals surface area (Å²) < 4.78 is 35.8. The number of rotatable bonds is 11. The van der Waals surface area contributed by atoms with E-state index < -0.39 is 11.8 Å². The van der Waals surface area contributed by atoms with E-state index in [-0.39, 0.29) is 16.8 Å². The second kappa shape index (κ2) is 13.0. The summed E-state index contributed by atoms with van der Waals surface area (Å²) in [7, 11) is 3.45. The molecule has 1 heterocycles. The second-order valence-corrected chi connectivity index (χ2v) is 9.46. The van der Waals surface area contributed by atoms with Gasteiger partial charge < -0.3 is 9.64 Å². The number of allylic oxidation sites excluding steroid dienone is 2. The van der Waals surface area contributed by atoms with Crippen LogP contribution >= 0.6 is 0 Å². The van der Waals surface area contributed by atoms with Crippen LogP contribution in [0.4, 0.5) is 8.78 Å². The van der Waals surface area contributed by atoms with Gasteiger partial charge >= 0.3 is 0 Å². The topological polar surface area (TPSA) is 58.2 Å². The van der Waals surface area contributed by atoms with Crippen molar-refractivity contribution in [3.63, 3.8) is 0 Å². The standard InChI is InChI=1S/C32H33F2N3O2/c1-4-25(22-12-8-7-9-13-22)31(26-20-27-29(21-28(26)33)35-36-32(27)34)23-15-17-24(18-16-23)39-19-11-6-5-10-14-30(38)37(2)3/h7-10,12-18,20-21H,4-6,11,19H2,1-3H3,(H,35,36)/b14-10+,31-25+. The third-order valence-corrected chi connectivity index (χ3v) is 6.52. The van der Waals surface area contributed by atoms with E-state index in [4.69, 9.17) is 4.74 Å². The summed E-state index contributed by atoms with van der Waals surface area (Å²) in [6.45, 7) is 2.58. The van der Waals surface area contributed by atoms with Crippen molar-refractivity contribution in [1.29, 1.82) is 0 Å². The maximum Gasteiger partial charge on any atom is 0.245 e. The van der Waals surface area contributed by atoms with Crippen molar-refractivity contribution in [2.75, 3.05) is 20.7 Å². The molecule has 0 fully saturated rings. The zero-order chi connectivity index (χ0) is 27.8. The van der Waals surface area contributed by atoms with Crippen LogP contribution in [0, 0.1) is 11.8 Å². The molecule has 4 rings (SSSR count). The van der Waals surface area contributed by atoms with Gasteiger partial charge in [0, 0.05) is 25.7 Å². The summed E-state index contributed by atoms with van der Waals surface area (Å²) in [4.78, 5) is 13.1. The molecule has 0 atom stereocenters. The Morgan fingerprint density at radius 2 is 1.74 bits per heavy atom. The van der Waals surface area contributed by atoms with Crippen LogP contribution in [-0.4, -0.2) is 41.7 Å². The Morgan fingerprint density at radius 3 is 2.44 bits per heavy atom. The van der Waals surface area contributed by atoms with E-state index in [1.165, 1.54) is 17.0 Å². The number of benzene rings is 3. The third kappa shape index (κ3) is 6.79. The molecule has 3 aromatic carbocycles. The molecule has 0 radical (unpaired) electrons. The summed E-state index contributed by atoms with van der Waals surface area (Å²) in [5, 5.41) is 6.40. The quantitative estimate of drug-likeness (QED) is 0.125. The lowest BCUT2D eigenvalue weighted by Gasteiger charge is -2.17. The number of carbonyl (C=O) groups is 1. The van der Waals surface area contributed by atoms with Gasteiger partial charge in [0.1, 0.15) is 11.6 Å². The highest BCUT2D eigenvalue weighted by Crippen LogP contribution is 2.37. The van der Waals surface area contributed by atoms with Gasteiger partial charge in [-0.05, 0) is 72.2 Å². The van der Waals surface area contributed by atoms with Crippen molar-refractivity contribution >= 4 is 28.0 Å². The number of ether oxygens (including phenoxy) is 1. The Labute approximate surface area is 227 Å². The van der Waals surface area contributed by atoms with Crippen molar-refractivity contribution in [3.05, 3.63) is 107 Å². The molecule has 7 heteroatoms. The number of hydrogen-bond acceptors (Lipinski definition) is 3. The summed E-state index contributed by atoms with van der Waals surface area (Å²) >= 11 is 0. The number of amides is 1. The average Bonchev–Trinajstić information content (AvgIpc) is 3.30. The number of nitrogens with one attached hydrogen (secondary N) is 1. The highest BCUT2D eigenvalue weighted by Gasteiger charge is 2.19. The molecule has 1 aromatic heterocycles. The normalized spacial score (nSPS) is 12.1. The molecule has 0 bridgehead atoms. The SMILES string of the molecule is CC/C(=C(/c1ccc(OCCCC/C=C/C(=O)N(C)C)cc1)c1cc2c(F)[nH]nc2cc1F)c1ccccc1. The predicted octanol–water partition coefficient (Wildman–Crippen LogP) is 7.40. The first kappa shape index (κ1) is 27.8. The average molecular weight is 530 g/mol. The Bertz CT molecular complexity index is 1470. The molecule has 5 nitrogen and oxygen atoms in total. The van der Waals surface area contributed by atoms with Crippen molar-refractivity contribution in [2.45, 2.75) is 32.6 Å². The largest absolute Gasteiger partial charge is 0.494 e. The van der Waals surface area contributed by atoms with Crippen LogP contribution in [0.25, 0.3) is 22.0 Å². The fourth-order valence-corrected chi connectivity index (χ4v) is 4.45. The van der Waals surface area contributed by atoms with Gasteiger partial charge in [0.2, 0.25) is 11.9 Å². The maximum atomic E-state index is 15.5. The zero-order valence-electron chi connectivity index (χ0n) is 22.5. The van der Waals surface area contributed by atoms with Gasteiger partial charge in [-0.1, -0.05) is 55.5 Å². The molecule has 39 heavy (non-hydrogen) atoms. The van der Waals surface area contributed by atoms with E-state index in [9.17, 15) is 9.18 Å². The summed E-state index contributed by atoms with van der Waals surface area (Å²) in [6, 6.07) is 20.2. The third-order valence-electron chi connectivity index (χ3n) is 6.52. The number of hydrogen-bond donors (Lipinski definition) is 1. The Kier molecular flexibility index (Phi) is 9.26. The molecule has 0 spiro atoms. The van der Waals surface area contributed by atoms with Crippen molar-refractivity contribution in [3.8, 4) is 5.75 Å². The van der Waals surface area contributed by atoms with E-state index in [1.807, 2.05) is 67.6 Å². The molecule has 4 aromatic rings. The Morgan fingerprint density at radius 1 is 1.00 bits per heavy atom. The monoisotopic (exact) mass is 529 g/mol. The molecule has 0 saturated heterocycles. The van der Waals surface area contributed by atoms with Crippen LogP contribution in [0.3, 0.4) is 0 Å². The Balaban J connectivity index is 1.57. The second-order valence-electron chi connectivity index (χ2n) is 9.46. The minimum atomic E-state index is -0.591. The molecule has 1 N–H and O–H groups in total. The van der Waals surface area contributed by atoms with Crippen LogP contribution in [-0.2, 0) is 4.79 Å². The minimum absolute atomic E-state index is 0.0204. The molecular weight excluding hydrogens is 496 g/mol. The van der Waals surface area contributed by atoms with Crippen LogP contribution in [0.5, 0.6) is 5.75 Å². The summed E-state index contributed by atoms with van der Waals surface area (Å²) in [5.41, 5.74) is 4.00. The van der Waals surface area contributed by atoms with Crippen LogP contribution in [0.15, 0.2) is 78.9 Å². The van der Waals surface area contributed by atoms with Crippen molar-refractivity contribution in [2.24, 2.45) is 0 Å². The van der Waals surface area contributed by atoms with Crippen LogP contribution in [0.2, 0.25) is 0 Å². The van der Waals surface area contributed by atoms with Gasteiger partial charge in [-0.3, -0.25) is 9.89 Å². The van der Waals surface area contributed by atoms with Gasteiger partial charge in [-0.15, -0.1) is 0 Å². The minimum Gasteiger partial charge on any atom is -0.494 e. The van der Waals surface area contributed by atoms with E-state index in [2.05, 4.69) is 10.2 Å². The number of carbonyl (C=O) groups excluding carboxylic acids is 1. The van der Waals surface area contributed by atoms with Crippen LogP contribution < -0.4 is 4.74 Å². The molecule has 1 amide bonds. The highest BCUT2D eigenvalue weighted by molar-refractivity contribution is 6.00. The smallest absolute Gasteiger partial charge is 0.245 e. The molecule has 0 unspecified atom stereocenters. The van der Waals surface area contributed by atoms with Gasteiger partial charge in [-0.2, -0.15) is 9.49 Å². The first-order chi connectivity index (χ1) is 18.9. The van der Waals surface area contributed by atoms with Crippen LogP contribution in [0.1, 0.15) is 49.3 Å². The number of aromatic amines is 1. The van der Waals surface area contributed by atoms with E-state index >= 15 is 4.39 Å². The molecule has 0 aliphatic rings. The van der Waals surface area contributed by atoms with Gasteiger partial charge in [0.15, 0.2) is 0 Å². The molecule has 0 aliphatic carbocycles. The van der Waals surface area contributed by atoms with E-state index in [1.54, 1.807) is 20.2 Å². The number of halogens is 2. The molecule has 0 saturated carbocycles. The van der Waals surface area contributed by atoms with Gasteiger partial charge in [0.25, 0.3) is 0 Å². The van der Waals surface area contributed by atoms with Crippen molar-refractivity contribution < 1.29 is 18.3 Å².